The highest BCUT2D eigenvalue weighted by molar-refractivity contribution is 7.89. The summed E-state index contributed by atoms with van der Waals surface area (Å²) in [5.41, 5.74) is 2.25. The van der Waals surface area contributed by atoms with Crippen molar-refractivity contribution in [3.05, 3.63) is 65.7 Å². The maximum Gasteiger partial charge on any atom is 0.243 e. The summed E-state index contributed by atoms with van der Waals surface area (Å²) in [6.07, 6.45) is 1.23. The van der Waals surface area contributed by atoms with Gasteiger partial charge in [0.15, 0.2) is 0 Å². The Morgan fingerprint density at radius 1 is 1.11 bits per heavy atom. The van der Waals surface area contributed by atoms with Gasteiger partial charge in [0.05, 0.1) is 4.90 Å². The lowest BCUT2D eigenvalue weighted by molar-refractivity contribution is -0.124. The Kier molecular flexibility index (Phi) is 5.97. The molecule has 0 aromatic heterocycles. The van der Waals surface area contributed by atoms with E-state index in [-0.39, 0.29) is 10.8 Å². The fraction of sp³-hybridized carbons (Fsp3) is 0.381. The summed E-state index contributed by atoms with van der Waals surface area (Å²) in [4.78, 5) is 12.9. The molecule has 1 saturated heterocycles. The second-order valence-corrected chi connectivity index (χ2v) is 9.09. The van der Waals surface area contributed by atoms with E-state index in [0.717, 1.165) is 5.56 Å². The summed E-state index contributed by atoms with van der Waals surface area (Å²) < 4.78 is 27.1. The number of nitrogens with one attached hydrogen (secondary N) is 1. The monoisotopic (exact) mass is 386 g/mol. The summed E-state index contributed by atoms with van der Waals surface area (Å²) in [5, 5.41) is 2.90. The van der Waals surface area contributed by atoms with Crippen LogP contribution < -0.4 is 5.32 Å². The molecule has 5 nitrogen and oxygen atoms in total. The van der Waals surface area contributed by atoms with E-state index in [1.165, 1.54) is 9.87 Å². The lowest BCUT2D eigenvalue weighted by atomic mass is 10.0. The Balaban J connectivity index is 1.67. The Bertz CT molecular complexity index is 877. The van der Waals surface area contributed by atoms with Crippen LogP contribution in [-0.2, 0) is 21.4 Å². The topological polar surface area (TPSA) is 66.5 Å². The van der Waals surface area contributed by atoms with E-state index < -0.39 is 16.1 Å². The van der Waals surface area contributed by atoms with Crippen molar-refractivity contribution in [1.82, 2.24) is 9.62 Å². The fourth-order valence-corrected chi connectivity index (χ4v) is 5.02. The van der Waals surface area contributed by atoms with E-state index in [9.17, 15) is 13.2 Å². The summed E-state index contributed by atoms with van der Waals surface area (Å²) in [5.74, 6) is 0.226. The SMILES string of the molecule is CC(C)c1ccc(CNC(=O)[C@@H]2CCCN2S(=O)(=O)c2ccccc2)cc1. The van der Waals surface area contributed by atoms with Crippen LogP contribution in [-0.4, -0.2) is 31.2 Å². The molecule has 6 heteroatoms. The average Bonchev–Trinajstić information content (AvgIpc) is 3.18. The lowest BCUT2D eigenvalue weighted by Crippen LogP contribution is -2.45. The molecule has 1 aliphatic rings. The van der Waals surface area contributed by atoms with Crippen molar-refractivity contribution >= 4 is 15.9 Å². The van der Waals surface area contributed by atoms with Gasteiger partial charge in [-0.15, -0.1) is 0 Å². The summed E-state index contributed by atoms with van der Waals surface area (Å²) >= 11 is 0. The van der Waals surface area contributed by atoms with Crippen LogP contribution in [0.5, 0.6) is 0 Å². The molecule has 1 atom stereocenters. The van der Waals surface area contributed by atoms with E-state index in [1.54, 1.807) is 30.3 Å². The first-order chi connectivity index (χ1) is 12.9. The van der Waals surface area contributed by atoms with E-state index in [4.69, 9.17) is 0 Å². The molecular formula is C21H26N2O3S. The predicted octanol–water partition coefficient (Wildman–Crippen LogP) is 3.28. The third-order valence-corrected chi connectivity index (χ3v) is 6.89. The third-order valence-electron chi connectivity index (χ3n) is 4.97. The molecule has 1 N–H and O–H groups in total. The molecular weight excluding hydrogens is 360 g/mol. The van der Waals surface area contributed by atoms with Gasteiger partial charge in [-0.1, -0.05) is 56.3 Å². The molecule has 1 fully saturated rings. The van der Waals surface area contributed by atoms with Crippen LogP contribution >= 0.6 is 0 Å². The zero-order valence-electron chi connectivity index (χ0n) is 15.8. The smallest absolute Gasteiger partial charge is 0.243 e. The highest BCUT2D eigenvalue weighted by atomic mass is 32.2. The maximum absolute atomic E-state index is 12.9. The van der Waals surface area contributed by atoms with Crippen molar-refractivity contribution in [1.29, 1.82) is 0 Å². The summed E-state index contributed by atoms with van der Waals surface area (Å²) in [6.45, 7) is 5.04. The Hall–Kier alpha value is -2.18. The van der Waals surface area contributed by atoms with Crippen molar-refractivity contribution in [3.63, 3.8) is 0 Å². The summed E-state index contributed by atoms with van der Waals surface area (Å²) in [6, 6.07) is 15.8. The highest BCUT2D eigenvalue weighted by Crippen LogP contribution is 2.26. The lowest BCUT2D eigenvalue weighted by Gasteiger charge is -2.23. The van der Waals surface area contributed by atoms with Crippen molar-refractivity contribution in [2.75, 3.05) is 6.54 Å². The van der Waals surface area contributed by atoms with E-state index in [0.29, 0.717) is 31.8 Å². The van der Waals surface area contributed by atoms with Crippen molar-refractivity contribution in [2.24, 2.45) is 0 Å². The van der Waals surface area contributed by atoms with Crippen LogP contribution in [0.4, 0.5) is 0 Å². The molecule has 2 aromatic rings. The zero-order chi connectivity index (χ0) is 19.4. The first-order valence-corrected chi connectivity index (χ1v) is 10.8. The van der Waals surface area contributed by atoms with Crippen molar-refractivity contribution in [3.8, 4) is 0 Å². The first kappa shape index (κ1) is 19.6. The predicted molar refractivity (Wildman–Crippen MR) is 106 cm³/mol. The number of hydrogen-bond acceptors (Lipinski definition) is 3. The van der Waals surface area contributed by atoms with Crippen molar-refractivity contribution < 1.29 is 13.2 Å². The van der Waals surface area contributed by atoms with Gasteiger partial charge in [0, 0.05) is 13.1 Å². The van der Waals surface area contributed by atoms with E-state index in [1.807, 2.05) is 12.1 Å². The fourth-order valence-electron chi connectivity index (χ4n) is 3.35. The Labute approximate surface area is 161 Å². The van der Waals surface area contributed by atoms with E-state index in [2.05, 4.69) is 31.3 Å². The van der Waals surface area contributed by atoms with Gasteiger partial charge in [-0.05, 0) is 42.0 Å². The summed E-state index contributed by atoms with van der Waals surface area (Å²) in [7, 11) is -3.66. The van der Waals surface area contributed by atoms with Gasteiger partial charge < -0.3 is 5.32 Å². The Morgan fingerprint density at radius 3 is 2.41 bits per heavy atom. The minimum absolute atomic E-state index is 0.231. The molecule has 27 heavy (non-hydrogen) atoms. The maximum atomic E-state index is 12.9. The van der Waals surface area contributed by atoms with Crippen LogP contribution in [0.1, 0.15) is 43.7 Å². The standard InChI is InChI=1S/C21H26N2O3S/c1-16(2)18-12-10-17(11-13-18)15-22-21(24)20-9-6-14-23(20)27(25,26)19-7-4-3-5-8-19/h3-5,7-8,10-13,16,20H,6,9,14-15H2,1-2H3,(H,22,24)/t20-/m0/s1. The molecule has 144 valence electrons. The number of benzene rings is 2. The molecule has 2 aromatic carbocycles. The number of sulfonamides is 1. The molecule has 1 heterocycles. The molecule has 1 amide bonds. The first-order valence-electron chi connectivity index (χ1n) is 9.33. The molecule has 0 bridgehead atoms. The molecule has 3 rings (SSSR count). The highest BCUT2D eigenvalue weighted by Gasteiger charge is 2.39. The minimum atomic E-state index is -3.66. The third kappa shape index (κ3) is 4.39. The van der Waals surface area contributed by atoms with Gasteiger partial charge in [0.2, 0.25) is 15.9 Å². The van der Waals surface area contributed by atoms with Gasteiger partial charge in [0.25, 0.3) is 0 Å². The van der Waals surface area contributed by atoms with Gasteiger partial charge in [-0.25, -0.2) is 8.42 Å². The van der Waals surface area contributed by atoms with Gasteiger partial charge in [-0.3, -0.25) is 4.79 Å². The number of carbonyl (C=O) groups excluding carboxylic acids is 1. The largest absolute Gasteiger partial charge is 0.351 e. The van der Waals surface area contributed by atoms with Gasteiger partial charge in [0.1, 0.15) is 6.04 Å². The molecule has 1 aliphatic heterocycles. The van der Waals surface area contributed by atoms with Crippen LogP contribution in [0.25, 0.3) is 0 Å². The van der Waals surface area contributed by atoms with Crippen molar-refractivity contribution in [2.45, 2.75) is 50.1 Å². The normalized spacial score (nSPS) is 18.0. The van der Waals surface area contributed by atoms with Gasteiger partial charge >= 0.3 is 0 Å². The molecule has 0 unspecified atom stereocenters. The van der Waals surface area contributed by atoms with Crippen LogP contribution in [0.3, 0.4) is 0 Å². The second-order valence-electron chi connectivity index (χ2n) is 7.20. The van der Waals surface area contributed by atoms with Crippen LogP contribution in [0, 0.1) is 0 Å². The molecule has 0 saturated carbocycles. The number of carbonyl (C=O) groups is 1. The van der Waals surface area contributed by atoms with Crippen LogP contribution in [0.2, 0.25) is 0 Å². The van der Waals surface area contributed by atoms with E-state index >= 15 is 0 Å². The number of nitrogens with zero attached hydrogens (tertiary/aromatic N) is 1. The number of rotatable bonds is 6. The minimum Gasteiger partial charge on any atom is -0.351 e. The molecule has 0 spiro atoms. The quantitative estimate of drug-likeness (QED) is 0.828. The molecule has 0 radical (unpaired) electrons. The number of hydrogen-bond donors (Lipinski definition) is 1. The molecule has 0 aliphatic carbocycles. The second kappa shape index (κ2) is 8.23. The number of amides is 1. The zero-order valence-corrected chi connectivity index (χ0v) is 16.6. The average molecular weight is 387 g/mol. The van der Waals surface area contributed by atoms with Crippen LogP contribution in [0.15, 0.2) is 59.5 Å². The van der Waals surface area contributed by atoms with Gasteiger partial charge in [-0.2, -0.15) is 4.31 Å². The Morgan fingerprint density at radius 2 is 1.78 bits per heavy atom.